The highest BCUT2D eigenvalue weighted by Crippen LogP contribution is 2.23. The molecule has 0 amide bonds. The van der Waals surface area contributed by atoms with E-state index in [-0.39, 0.29) is 11.7 Å². The minimum absolute atomic E-state index is 0.0779. The quantitative estimate of drug-likeness (QED) is 0.586. The zero-order valence-corrected chi connectivity index (χ0v) is 15.5. The van der Waals surface area contributed by atoms with E-state index in [1.54, 1.807) is 7.05 Å². The first-order chi connectivity index (χ1) is 12.0. The van der Waals surface area contributed by atoms with Gasteiger partial charge >= 0.3 is 0 Å². The number of nitrogens with zero attached hydrogens (tertiary/aromatic N) is 1. The monoisotopic (exact) mass is 359 g/mol. The second kappa shape index (κ2) is 9.22. The van der Waals surface area contributed by atoms with E-state index in [0.717, 1.165) is 0 Å². The molecule has 0 heterocycles. The van der Waals surface area contributed by atoms with Gasteiger partial charge in [-0.05, 0) is 11.1 Å². The summed E-state index contributed by atoms with van der Waals surface area (Å²) >= 11 is 0. The summed E-state index contributed by atoms with van der Waals surface area (Å²) in [7, 11) is -1.31. The van der Waals surface area contributed by atoms with Crippen molar-refractivity contribution < 1.29 is 8.42 Å². The van der Waals surface area contributed by atoms with Gasteiger partial charge < -0.3 is 10.6 Å². The van der Waals surface area contributed by atoms with Crippen LogP contribution in [0.15, 0.2) is 65.7 Å². The molecule has 2 aromatic carbocycles. The molecule has 0 atom stereocenters. The molecule has 6 heteroatoms. The Morgan fingerprint density at radius 3 is 1.92 bits per heavy atom. The SMILES string of the molecule is CN=C(NCCS(C)(=O)=O)NCC(c1ccccc1)c1ccccc1. The summed E-state index contributed by atoms with van der Waals surface area (Å²) < 4.78 is 22.5. The van der Waals surface area contributed by atoms with Gasteiger partial charge in [0.2, 0.25) is 0 Å². The lowest BCUT2D eigenvalue weighted by molar-refractivity contribution is 0.600. The molecule has 0 fully saturated rings. The number of sulfone groups is 1. The van der Waals surface area contributed by atoms with Crippen molar-refractivity contribution >= 4 is 15.8 Å². The number of guanidine groups is 1. The van der Waals surface area contributed by atoms with Crippen LogP contribution in [0.25, 0.3) is 0 Å². The molecule has 0 aromatic heterocycles. The summed E-state index contributed by atoms with van der Waals surface area (Å²) in [6, 6.07) is 20.6. The number of hydrogen-bond donors (Lipinski definition) is 2. The molecule has 0 saturated heterocycles. The lowest BCUT2D eigenvalue weighted by atomic mass is 9.91. The summed E-state index contributed by atoms with van der Waals surface area (Å²) in [6.07, 6.45) is 1.23. The van der Waals surface area contributed by atoms with Gasteiger partial charge in [-0.2, -0.15) is 0 Å². The second-order valence-electron chi connectivity index (χ2n) is 5.88. The minimum atomic E-state index is -2.99. The highest BCUT2D eigenvalue weighted by Gasteiger charge is 2.14. The van der Waals surface area contributed by atoms with Gasteiger partial charge in [0.25, 0.3) is 0 Å². The Morgan fingerprint density at radius 1 is 0.960 bits per heavy atom. The van der Waals surface area contributed by atoms with E-state index in [4.69, 9.17) is 0 Å². The fourth-order valence-electron chi connectivity index (χ4n) is 2.57. The van der Waals surface area contributed by atoms with Crippen molar-refractivity contribution in [2.45, 2.75) is 5.92 Å². The first-order valence-corrected chi connectivity index (χ1v) is 10.3. The van der Waals surface area contributed by atoms with E-state index in [2.05, 4.69) is 39.9 Å². The van der Waals surface area contributed by atoms with Crippen LogP contribution in [0.4, 0.5) is 0 Å². The average Bonchev–Trinajstić information content (AvgIpc) is 2.61. The molecule has 0 saturated carbocycles. The number of rotatable bonds is 7. The zero-order chi connectivity index (χ0) is 18.1. The number of nitrogens with one attached hydrogen (secondary N) is 2. The molecule has 2 rings (SSSR count). The molecule has 0 aliphatic heterocycles. The van der Waals surface area contributed by atoms with Crippen LogP contribution in [0.3, 0.4) is 0 Å². The van der Waals surface area contributed by atoms with Crippen molar-refractivity contribution in [3.63, 3.8) is 0 Å². The van der Waals surface area contributed by atoms with Crippen LogP contribution in [-0.2, 0) is 9.84 Å². The molecule has 0 unspecified atom stereocenters. The van der Waals surface area contributed by atoms with E-state index < -0.39 is 9.84 Å². The largest absolute Gasteiger partial charge is 0.355 e. The van der Waals surface area contributed by atoms with E-state index in [9.17, 15) is 8.42 Å². The highest BCUT2D eigenvalue weighted by atomic mass is 32.2. The van der Waals surface area contributed by atoms with Crippen molar-refractivity contribution in [1.29, 1.82) is 0 Å². The fraction of sp³-hybridized carbons (Fsp3) is 0.316. The Kier molecular flexibility index (Phi) is 7.01. The zero-order valence-electron chi connectivity index (χ0n) is 14.6. The van der Waals surface area contributed by atoms with E-state index in [1.165, 1.54) is 17.4 Å². The minimum Gasteiger partial charge on any atom is -0.355 e. The molecule has 0 aliphatic carbocycles. The summed E-state index contributed by atoms with van der Waals surface area (Å²) in [5.74, 6) is 0.852. The summed E-state index contributed by atoms with van der Waals surface area (Å²) in [6.45, 7) is 0.992. The lowest BCUT2D eigenvalue weighted by Crippen LogP contribution is -2.41. The van der Waals surface area contributed by atoms with Crippen LogP contribution >= 0.6 is 0 Å². The molecule has 134 valence electrons. The highest BCUT2D eigenvalue weighted by molar-refractivity contribution is 7.90. The van der Waals surface area contributed by atoms with E-state index in [1.807, 2.05) is 36.4 Å². The van der Waals surface area contributed by atoms with Crippen molar-refractivity contribution in [3.8, 4) is 0 Å². The Morgan fingerprint density at radius 2 is 1.48 bits per heavy atom. The van der Waals surface area contributed by atoms with Crippen LogP contribution in [0.5, 0.6) is 0 Å². The maximum atomic E-state index is 11.2. The standard InChI is InChI=1S/C19H25N3O2S/c1-20-19(21-13-14-25(2,23)24)22-15-18(16-9-5-3-6-10-16)17-11-7-4-8-12-17/h3-12,18H,13-15H2,1-2H3,(H2,20,21,22). The smallest absolute Gasteiger partial charge is 0.191 e. The van der Waals surface area contributed by atoms with Crippen molar-refractivity contribution in [1.82, 2.24) is 10.6 Å². The Bertz CT molecular complexity index is 735. The average molecular weight is 359 g/mol. The van der Waals surface area contributed by atoms with Gasteiger partial charge in [-0.1, -0.05) is 60.7 Å². The third-order valence-corrected chi connectivity index (χ3v) is 4.81. The number of aliphatic imine (C=N–C) groups is 1. The van der Waals surface area contributed by atoms with Crippen LogP contribution in [0, 0.1) is 0 Å². The number of hydrogen-bond acceptors (Lipinski definition) is 3. The van der Waals surface area contributed by atoms with Crippen molar-refractivity contribution in [2.75, 3.05) is 32.1 Å². The van der Waals surface area contributed by atoms with E-state index in [0.29, 0.717) is 19.0 Å². The van der Waals surface area contributed by atoms with Gasteiger partial charge in [-0.15, -0.1) is 0 Å². The molecule has 0 radical (unpaired) electrons. The maximum absolute atomic E-state index is 11.2. The normalized spacial score (nSPS) is 12.2. The molecule has 0 spiro atoms. The number of benzene rings is 2. The molecular weight excluding hydrogens is 334 g/mol. The molecular formula is C19H25N3O2S. The van der Waals surface area contributed by atoms with Crippen LogP contribution < -0.4 is 10.6 Å². The van der Waals surface area contributed by atoms with Gasteiger partial charge in [0, 0.05) is 32.3 Å². The van der Waals surface area contributed by atoms with Crippen molar-refractivity contribution in [2.24, 2.45) is 4.99 Å². The maximum Gasteiger partial charge on any atom is 0.191 e. The summed E-state index contributed by atoms with van der Waals surface area (Å²) in [4.78, 5) is 4.17. The van der Waals surface area contributed by atoms with Gasteiger partial charge in [0.1, 0.15) is 9.84 Å². The Balaban J connectivity index is 2.04. The second-order valence-corrected chi connectivity index (χ2v) is 8.14. The predicted molar refractivity (Wildman–Crippen MR) is 104 cm³/mol. The topological polar surface area (TPSA) is 70.6 Å². The first kappa shape index (κ1) is 19.0. The van der Waals surface area contributed by atoms with Gasteiger partial charge in [0.15, 0.2) is 5.96 Å². The summed E-state index contributed by atoms with van der Waals surface area (Å²) in [5.41, 5.74) is 2.43. The molecule has 25 heavy (non-hydrogen) atoms. The lowest BCUT2D eigenvalue weighted by Gasteiger charge is -2.20. The molecule has 0 aliphatic rings. The molecule has 2 aromatic rings. The third kappa shape index (κ3) is 6.58. The third-order valence-electron chi connectivity index (χ3n) is 3.87. The van der Waals surface area contributed by atoms with Crippen LogP contribution in [-0.4, -0.2) is 46.5 Å². The molecule has 2 N–H and O–H groups in total. The predicted octanol–water partition coefficient (Wildman–Crippen LogP) is 2.03. The van der Waals surface area contributed by atoms with Gasteiger partial charge in [-0.25, -0.2) is 8.42 Å². The van der Waals surface area contributed by atoms with Crippen LogP contribution in [0.1, 0.15) is 17.0 Å². The molecule has 0 bridgehead atoms. The molecule has 5 nitrogen and oxygen atoms in total. The first-order valence-electron chi connectivity index (χ1n) is 8.22. The van der Waals surface area contributed by atoms with E-state index >= 15 is 0 Å². The van der Waals surface area contributed by atoms with Crippen molar-refractivity contribution in [3.05, 3.63) is 71.8 Å². The van der Waals surface area contributed by atoms with Crippen LogP contribution in [0.2, 0.25) is 0 Å². The Hall–Kier alpha value is -2.34. The Labute approximate surface area is 150 Å². The summed E-state index contributed by atoms with van der Waals surface area (Å²) in [5, 5.41) is 6.34. The fourth-order valence-corrected chi connectivity index (χ4v) is 3.05. The van der Waals surface area contributed by atoms with Gasteiger partial charge in [-0.3, -0.25) is 4.99 Å². The van der Waals surface area contributed by atoms with Gasteiger partial charge in [0.05, 0.1) is 5.75 Å².